The molecular formula is C12H13ClO2S. The molecule has 0 aliphatic heterocycles. The monoisotopic (exact) mass is 256 g/mol. The normalized spacial score (nSPS) is 11.9. The molecule has 0 saturated carbocycles. The summed E-state index contributed by atoms with van der Waals surface area (Å²) < 4.78 is 4.66. The average molecular weight is 257 g/mol. The Labute approximate surface area is 105 Å². The largest absolute Gasteiger partial charge is 0.460 e. The van der Waals surface area contributed by atoms with Crippen LogP contribution in [-0.2, 0) is 9.53 Å². The second-order valence-corrected chi connectivity index (χ2v) is 5.28. The number of halogens is 1. The van der Waals surface area contributed by atoms with Crippen LogP contribution in [0.2, 0.25) is 0 Å². The van der Waals surface area contributed by atoms with Gasteiger partial charge in [0.2, 0.25) is 0 Å². The molecule has 0 saturated heterocycles. The average Bonchev–Trinajstić information content (AvgIpc) is 2.27. The molecule has 1 rings (SSSR count). The third kappa shape index (κ3) is 4.73. The maximum absolute atomic E-state index is 11.1. The van der Waals surface area contributed by atoms with Crippen LogP contribution in [0.15, 0.2) is 47.4 Å². The van der Waals surface area contributed by atoms with Gasteiger partial charge in [-0.25, -0.2) is 4.79 Å². The van der Waals surface area contributed by atoms with E-state index in [1.165, 1.54) is 11.8 Å². The highest BCUT2D eigenvalue weighted by Crippen LogP contribution is 2.25. The van der Waals surface area contributed by atoms with Gasteiger partial charge < -0.3 is 4.74 Å². The van der Waals surface area contributed by atoms with Crippen LogP contribution < -0.4 is 0 Å². The Morgan fingerprint density at radius 1 is 1.50 bits per heavy atom. The van der Waals surface area contributed by atoms with Crippen LogP contribution in [-0.4, -0.2) is 17.3 Å². The van der Waals surface area contributed by atoms with Gasteiger partial charge in [-0.1, -0.05) is 24.8 Å². The van der Waals surface area contributed by atoms with Crippen molar-refractivity contribution in [1.29, 1.82) is 0 Å². The molecule has 1 atom stereocenters. The quantitative estimate of drug-likeness (QED) is 0.349. The number of alkyl halides is 1. The van der Waals surface area contributed by atoms with E-state index >= 15 is 0 Å². The molecule has 0 aromatic heterocycles. The molecule has 0 aliphatic rings. The van der Waals surface area contributed by atoms with E-state index in [-0.39, 0.29) is 11.3 Å². The number of benzene rings is 1. The zero-order valence-electron chi connectivity index (χ0n) is 8.98. The molecule has 86 valence electrons. The minimum absolute atomic E-state index is 0.173. The molecular weight excluding hydrogens is 244 g/mol. The van der Waals surface area contributed by atoms with E-state index in [0.29, 0.717) is 5.57 Å². The number of esters is 1. The Bertz CT molecular complexity index is 365. The third-order valence-corrected chi connectivity index (χ3v) is 3.03. The van der Waals surface area contributed by atoms with Gasteiger partial charge in [-0.3, -0.25) is 0 Å². The number of ether oxygens (including phenoxy) is 1. The highest BCUT2D eigenvalue weighted by Gasteiger charge is 2.10. The maximum Gasteiger partial charge on any atom is 0.333 e. The summed E-state index contributed by atoms with van der Waals surface area (Å²) in [6.45, 7) is 5.27. The van der Waals surface area contributed by atoms with Crippen molar-refractivity contribution in [2.24, 2.45) is 0 Å². The van der Waals surface area contributed by atoms with Gasteiger partial charge in [0.15, 0.2) is 0 Å². The van der Waals surface area contributed by atoms with Crippen molar-refractivity contribution in [2.45, 2.75) is 16.5 Å². The van der Waals surface area contributed by atoms with Crippen molar-refractivity contribution in [2.75, 3.05) is 6.61 Å². The number of carbonyl (C=O) groups is 1. The number of hydrogen-bond acceptors (Lipinski definition) is 3. The zero-order valence-corrected chi connectivity index (χ0v) is 10.6. The van der Waals surface area contributed by atoms with E-state index in [1.807, 2.05) is 30.3 Å². The number of hydrogen-bond donors (Lipinski definition) is 0. The van der Waals surface area contributed by atoms with Crippen molar-refractivity contribution in [1.82, 2.24) is 0 Å². The van der Waals surface area contributed by atoms with Crippen LogP contribution in [0.25, 0.3) is 0 Å². The van der Waals surface area contributed by atoms with E-state index < -0.39 is 5.97 Å². The Hall–Kier alpha value is -0.930. The highest BCUT2D eigenvalue weighted by atomic mass is 35.5. The van der Waals surface area contributed by atoms with Crippen LogP contribution in [0.4, 0.5) is 0 Å². The molecule has 0 radical (unpaired) electrons. The molecule has 1 aromatic carbocycles. The standard InChI is InChI=1S/C12H13ClO2S/c1-9(2)12(14)15-8-11(13)16-10-6-4-3-5-7-10/h3-7,11H,1,8H2,2H3. The van der Waals surface area contributed by atoms with Crippen molar-refractivity contribution < 1.29 is 9.53 Å². The molecule has 4 heteroatoms. The Kier molecular flexibility index (Phi) is 5.43. The molecule has 1 aromatic rings. The minimum atomic E-state index is -0.403. The van der Waals surface area contributed by atoms with Gasteiger partial charge in [0.1, 0.15) is 11.3 Å². The lowest BCUT2D eigenvalue weighted by molar-refractivity contribution is -0.138. The predicted molar refractivity (Wildman–Crippen MR) is 67.7 cm³/mol. The van der Waals surface area contributed by atoms with Crippen molar-refractivity contribution in [3.63, 3.8) is 0 Å². The van der Waals surface area contributed by atoms with E-state index in [0.717, 1.165) is 4.90 Å². The first-order valence-electron chi connectivity index (χ1n) is 4.78. The molecule has 2 nitrogen and oxygen atoms in total. The summed E-state index contributed by atoms with van der Waals surface area (Å²) in [5.74, 6) is -0.403. The van der Waals surface area contributed by atoms with Gasteiger partial charge in [-0.2, -0.15) is 0 Å². The topological polar surface area (TPSA) is 26.3 Å². The molecule has 0 amide bonds. The number of rotatable bonds is 5. The fourth-order valence-electron chi connectivity index (χ4n) is 0.945. The molecule has 16 heavy (non-hydrogen) atoms. The Morgan fingerprint density at radius 3 is 2.69 bits per heavy atom. The van der Waals surface area contributed by atoms with Gasteiger partial charge in [0.05, 0.1) is 0 Å². The first-order chi connectivity index (χ1) is 7.59. The smallest absolute Gasteiger partial charge is 0.333 e. The minimum Gasteiger partial charge on any atom is -0.460 e. The zero-order chi connectivity index (χ0) is 12.0. The highest BCUT2D eigenvalue weighted by molar-refractivity contribution is 8.01. The molecule has 0 bridgehead atoms. The van der Waals surface area contributed by atoms with Gasteiger partial charge >= 0.3 is 5.97 Å². The van der Waals surface area contributed by atoms with Crippen LogP contribution >= 0.6 is 23.4 Å². The van der Waals surface area contributed by atoms with Gasteiger partial charge in [-0.15, -0.1) is 23.4 Å². The summed E-state index contributed by atoms with van der Waals surface area (Å²) >= 11 is 7.48. The van der Waals surface area contributed by atoms with E-state index in [2.05, 4.69) is 6.58 Å². The van der Waals surface area contributed by atoms with Crippen molar-refractivity contribution in [3.8, 4) is 0 Å². The predicted octanol–water partition coefficient (Wildman–Crippen LogP) is 3.46. The molecule has 0 heterocycles. The van der Waals surface area contributed by atoms with Gasteiger partial charge in [0.25, 0.3) is 0 Å². The van der Waals surface area contributed by atoms with E-state index in [9.17, 15) is 4.79 Å². The lowest BCUT2D eigenvalue weighted by Crippen LogP contribution is -2.11. The molecule has 0 N–H and O–H groups in total. The maximum atomic E-state index is 11.1. The summed E-state index contributed by atoms with van der Waals surface area (Å²) in [4.78, 5) is 12.2. The fraction of sp³-hybridized carbons (Fsp3) is 0.250. The molecule has 0 aliphatic carbocycles. The van der Waals surface area contributed by atoms with Crippen LogP contribution in [0, 0.1) is 0 Å². The second-order valence-electron chi connectivity index (χ2n) is 3.22. The lowest BCUT2D eigenvalue weighted by atomic mass is 10.4. The summed E-state index contributed by atoms with van der Waals surface area (Å²) in [5.41, 5.74) is 0.383. The van der Waals surface area contributed by atoms with Crippen LogP contribution in [0.1, 0.15) is 6.92 Å². The molecule has 1 unspecified atom stereocenters. The third-order valence-electron chi connectivity index (χ3n) is 1.70. The van der Waals surface area contributed by atoms with Gasteiger partial charge in [-0.05, 0) is 19.1 Å². The van der Waals surface area contributed by atoms with Gasteiger partial charge in [0, 0.05) is 10.5 Å². The first kappa shape index (κ1) is 13.1. The first-order valence-corrected chi connectivity index (χ1v) is 6.09. The summed E-state index contributed by atoms with van der Waals surface area (Å²) in [6.07, 6.45) is 0. The second kappa shape index (κ2) is 6.61. The molecule has 0 fully saturated rings. The number of carbonyl (C=O) groups excluding carboxylic acids is 1. The lowest BCUT2D eigenvalue weighted by Gasteiger charge is -2.09. The van der Waals surface area contributed by atoms with Crippen molar-refractivity contribution in [3.05, 3.63) is 42.5 Å². The fourth-order valence-corrected chi connectivity index (χ4v) is 2.06. The SMILES string of the molecule is C=C(C)C(=O)OCC(Cl)Sc1ccccc1. The summed E-state index contributed by atoms with van der Waals surface area (Å²) in [6, 6.07) is 9.73. The van der Waals surface area contributed by atoms with E-state index in [4.69, 9.17) is 16.3 Å². The Morgan fingerprint density at radius 2 is 2.12 bits per heavy atom. The summed E-state index contributed by atoms with van der Waals surface area (Å²) in [7, 11) is 0. The van der Waals surface area contributed by atoms with Crippen molar-refractivity contribution >= 4 is 29.3 Å². The number of thioether (sulfide) groups is 1. The molecule has 0 spiro atoms. The van der Waals surface area contributed by atoms with Crippen LogP contribution in [0.5, 0.6) is 0 Å². The van der Waals surface area contributed by atoms with E-state index in [1.54, 1.807) is 6.92 Å². The van der Waals surface area contributed by atoms with Crippen LogP contribution in [0.3, 0.4) is 0 Å². The Balaban J connectivity index is 2.34. The summed E-state index contributed by atoms with van der Waals surface area (Å²) in [5, 5.41) is 0.